The van der Waals surface area contributed by atoms with Gasteiger partial charge < -0.3 is 49.5 Å². The van der Waals surface area contributed by atoms with Crippen LogP contribution in [0.25, 0.3) is 33.4 Å². The average molecular weight is 624 g/mol. The molecular formula is C32H33NO12. The van der Waals surface area contributed by atoms with E-state index in [1.54, 1.807) is 25.3 Å². The highest BCUT2D eigenvalue weighted by Gasteiger charge is 2.56. The Hall–Kier alpha value is -4.53. The SMILES string of the molecule is COc1ccc(-c2c3ccc(=O)cc-3oc3cc(O[C@]4(C(=O)O)C[C@H](O)[C@@H](NC(C)=O)[C@H]([C@H](O)[C@H](O)CO)O4)ccc23)c(C)c1. The number of carbonyl (C=O) groups excluding carboxylic acids is 1. The van der Waals surface area contributed by atoms with Gasteiger partial charge in [0, 0.05) is 35.6 Å². The first kappa shape index (κ1) is 31.9. The van der Waals surface area contributed by atoms with E-state index in [-0.39, 0.29) is 22.5 Å². The van der Waals surface area contributed by atoms with Gasteiger partial charge in [0.15, 0.2) is 5.43 Å². The zero-order valence-electron chi connectivity index (χ0n) is 24.6. The summed E-state index contributed by atoms with van der Waals surface area (Å²) in [6.07, 6.45) is -7.71. The number of aliphatic carboxylic acids is 1. The Balaban J connectivity index is 1.62. The van der Waals surface area contributed by atoms with Crippen molar-refractivity contribution in [3.63, 3.8) is 0 Å². The number of fused-ring (bicyclic) bond motifs is 2. The summed E-state index contributed by atoms with van der Waals surface area (Å²) in [5.41, 5.74) is 3.07. The maximum atomic E-state index is 12.7. The van der Waals surface area contributed by atoms with Crippen LogP contribution in [0.1, 0.15) is 18.9 Å². The summed E-state index contributed by atoms with van der Waals surface area (Å²) in [4.78, 5) is 36.7. The van der Waals surface area contributed by atoms with Gasteiger partial charge in [0.05, 0.1) is 32.3 Å². The summed E-state index contributed by atoms with van der Waals surface area (Å²) in [6.45, 7) is 2.15. The van der Waals surface area contributed by atoms with Gasteiger partial charge in [-0.1, -0.05) is 6.07 Å². The van der Waals surface area contributed by atoms with E-state index in [9.17, 15) is 39.9 Å². The third kappa shape index (κ3) is 6.08. The van der Waals surface area contributed by atoms with E-state index in [1.165, 1.54) is 24.3 Å². The van der Waals surface area contributed by atoms with Gasteiger partial charge in [-0.15, -0.1) is 0 Å². The van der Waals surface area contributed by atoms with Gasteiger partial charge in [-0.25, -0.2) is 4.79 Å². The van der Waals surface area contributed by atoms with Gasteiger partial charge in [-0.3, -0.25) is 9.59 Å². The van der Waals surface area contributed by atoms with Crippen LogP contribution in [0, 0.1) is 6.92 Å². The van der Waals surface area contributed by atoms with E-state index >= 15 is 0 Å². The summed E-state index contributed by atoms with van der Waals surface area (Å²) < 4.78 is 23.1. The number of ether oxygens (including phenoxy) is 3. The van der Waals surface area contributed by atoms with E-state index in [1.807, 2.05) is 19.1 Å². The molecule has 0 spiro atoms. The predicted molar refractivity (Wildman–Crippen MR) is 159 cm³/mol. The topological polar surface area (TPSA) is 205 Å². The molecule has 0 bridgehead atoms. The number of hydrogen-bond acceptors (Lipinski definition) is 11. The first-order valence-electron chi connectivity index (χ1n) is 14.1. The van der Waals surface area contributed by atoms with Crippen LogP contribution in [-0.4, -0.2) is 87.4 Å². The van der Waals surface area contributed by atoms with E-state index in [2.05, 4.69) is 5.32 Å². The van der Waals surface area contributed by atoms with Crippen molar-refractivity contribution >= 4 is 22.8 Å². The van der Waals surface area contributed by atoms with Crippen LogP contribution in [-0.2, 0) is 14.3 Å². The summed E-state index contributed by atoms with van der Waals surface area (Å²) >= 11 is 0. The van der Waals surface area contributed by atoms with Crippen molar-refractivity contribution in [3.8, 4) is 33.9 Å². The van der Waals surface area contributed by atoms with Gasteiger partial charge in [0.1, 0.15) is 41.2 Å². The molecule has 13 nitrogen and oxygen atoms in total. The van der Waals surface area contributed by atoms with Gasteiger partial charge in [-0.05, 0) is 54.4 Å². The lowest BCUT2D eigenvalue weighted by Gasteiger charge is -2.46. The lowest BCUT2D eigenvalue weighted by atomic mass is 9.88. The molecule has 1 saturated heterocycles. The highest BCUT2D eigenvalue weighted by Crippen LogP contribution is 2.43. The fourth-order valence-electron chi connectivity index (χ4n) is 5.67. The number of aliphatic hydroxyl groups excluding tert-OH is 4. The minimum Gasteiger partial charge on any atom is -0.497 e. The van der Waals surface area contributed by atoms with Crippen molar-refractivity contribution in [2.45, 2.75) is 56.5 Å². The lowest BCUT2D eigenvalue weighted by molar-refractivity contribution is -0.284. The monoisotopic (exact) mass is 623 g/mol. The smallest absolute Gasteiger partial charge is 0.377 e. The molecule has 238 valence electrons. The molecule has 3 aliphatic rings. The minimum atomic E-state index is -2.60. The van der Waals surface area contributed by atoms with E-state index < -0.39 is 61.1 Å². The Kier molecular flexibility index (Phi) is 8.83. The molecule has 0 saturated carbocycles. The van der Waals surface area contributed by atoms with Gasteiger partial charge >= 0.3 is 11.8 Å². The van der Waals surface area contributed by atoms with Gasteiger partial charge in [0.2, 0.25) is 5.91 Å². The number of rotatable bonds is 9. The number of carbonyl (C=O) groups is 2. The number of benzene rings is 3. The van der Waals surface area contributed by atoms with Crippen molar-refractivity contribution in [2.75, 3.05) is 13.7 Å². The zero-order chi connectivity index (χ0) is 32.6. The molecule has 2 aliphatic heterocycles. The molecule has 1 amide bonds. The summed E-state index contributed by atoms with van der Waals surface area (Å²) in [7, 11) is 1.56. The first-order chi connectivity index (χ1) is 21.4. The van der Waals surface area contributed by atoms with Crippen molar-refractivity contribution in [1.29, 1.82) is 0 Å². The minimum absolute atomic E-state index is 0.0650. The van der Waals surface area contributed by atoms with Crippen molar-refractivity contribution < 1.29 is 53.7 Å². The summed E-state index contributed by atoms with van der Waals surface area (Å²) in [6, 6.07) is 13.2. The molecule has 2 aromatic carbocycles. The fraction of sp³-hybridized carbons (Fsp3) is 0.344. The number of hydrogen-bond donors (Lipinski definition) is 6. The Morgan fingerprint density at radius 3 is 2.42 bits per heavy atom. The van der Waals surface area contributed by atoms with E-state index in [4.69, 9.17) is 18.6 Å². The number of amides is 1. The van der Waals surface area contributed by atoms with Crippen LogP contribution in [0.5, 0.6) is 11.5 Å². The quantitative estimate of drug-likeness (QED) is 0.146. The molecule has 0 aromatic heterocycles. The molecule has 1 fully saturated rings. The molecule has 45 heavy (non-hydrogen) atoms. The van der Waals surface area contributed by atoms with Gasteiger partial charge in [-0.2, -0.15) is 0 Å². The number of carboxylic acid groups (broad SMARTS) is 1. The molecule has 2 heterocycles. The van der Waals surface area contributed by atoms with Crippen LogP contribution < -0.4 is 20.2 Å². The van der Waals surface area contributed by atoms with Crippen molar-refractivity contribution in [2.24, 2.45) is 0 Å². The van der Waals surface area contributed by atoms with Crippen LogP contribution in [0.2, 0.25) is 0 Å². The van der Waals surface area contributed by atoms with Crippen LogP contribution in [0.15, 0.2) is 63.8 Å². The van der Waals surface area contributed by atoms with Crippen LogP contribution in [0.3, 0.4) is 0 Å². The second-order valence-corrected chi connectivity index (χ2v) is 11.0. The number of nitrogens with one attached hydrogen (secondary N) is 1. The summed E-state index contributed by atoms with van der Waals surface area (Å²) in [5.74, 6) is -4.02. The van der Waals surface area contributed by atoms with Crippen LogP contribution in [0.4, 0.5) is 0 Å². The van der Waals surface area contributed by atoms with Gasteiger partial charge in [0.25, 0.3) is 0 Å². The van der Waals surface area contributed by atoms with Crippen molar-refractivity contribution in [3.05, 3.63) is 70.4 Å². The lowest BCUT2D eigenvalue weighted by Crippen LogP contribution is -2.68. The molecule has 1 aliphatic carbocycles. The highest BCUT2D eigenvalue weighted by atomic mass is 16.7. The Morgan fingerprint density at radius 2 is 1.78 bits per heavy atom. The molecule has 6 atom stereocenters. The zero-order valence-corrected chi connectivity index (χ0v) is 24.6. The molecule has 2 aromatic rings. The summed E-state index contributed by atoms with van der Waals surface area (Å²) in [5, 5.41) is 54.4. The largest absolute Gasteiger partial charge is 0.497 e. The number of aryl methyl sites for hydroxylation is 1. The fourth-order valence-corrected chi connectivity index (χ4v) is 5.67. The van der Waals surface area contributed by atoms with E-state index in [0.29, 0.717) is 16.7 Å². The number of methoxy groups -OCH3 is 1. The molecule has 0 radical (unpaired) electrons. The standard InChI is InChI=1S/C32H33NO12/c1-15-10-18(42-3)5-8-20(15)27-21-7-4-17(36)11-25(21)43-26-12-19(6-9-22(26)27)44-32(31(40)41)13-23(37)28(33-16(2)35)30(45-32)29(39)24(38)14-34/h4-12,23-24,28-30,34,37-39H,13-14H2,1-3H3,(H,33,35)(H,40,41)/t23-,24+,28+,29+,30+,32+/m0/s1. The molecule has 5 rings (SSSR count). The maximum Gasteiger partial charge on any atom is 0.377 e. The number of carboxylic acids is 1. The average Bonchev–Trinajstić information content (AvgIpc) is 3.00. The van der Waals surface area contributed by atoms with Crippen molar-refractivity contribution in [1.82, 2.24) is 5.32 Å². The Labute approximate surface area is 256 Å². The molecular weight excluding hydrogens is 590 g/mol. The highest BCUT2D eigenvalue weighted by molar-refractivity contribution is 6.02. The Bertz CT molecular complexity index is 1770. The second kappa shape index (κ2) is 12.5. The Morgan fingerprint density at radius 1 is 1.07 bits per heavy atom. The third-order valence-corrected chi connectivity index (χ3v) is 7.84. The second-order valence-electron chi connectivity index (χ2n) is 11.0. The normalized spacial score (nSPS) is 23.0. The van der Waals surface area contributed by atoms with Crippen LogP contribution >= 0.6 is 0 Å². The maximum absolute atomic E-state index is 12.7. The molecule has 6 N–H and O–H groups in total. The molecule has 13 heteroatoms. The predicted octanol–water partition coefficient (Wildman–Crippen LogP) is 1.41. The third-order valence-electron chi connectivity index (χ3n) is 7.84. The molecule has 0 unspecified atom stereocenters. The number of aliphatic hydroxyl groups is 4. The first-order valence-corrected chi connectivity index (χ1v) is 14.1. The van der Waals surface area contributed by atoms with E-state index in [0.717, 1.165) is 23.6 Å².